The van der Waals surface area contributed by atoms with Crippen LogP contribution in [0.2, 0.25) is 0 Å². The van der Waals surface area contributed by atoms with Crippen molar-refractivity contribution >= 4 is 29.5 Å². The Balaban J connectivity index is 2.31. The Morgan fingerprint density at radius 1 is 0.840 bits per heavy atom. The lowest BCUT2D eigenvalue weighted by Gasteiger charge is -2.29. The second kappa shape index (κ2) is 20.1. The van der Waals surface area contributed by atoms with E-state index in [9.17, 15) is 43.1 Å². The van der Waals surface area contributed by atoms with E-state index in [1.54, 1.807) is 34.6 Å². The smallest absolute Gasteiger partial charge is 0.252 e. The molecule has 0 aliphatic heterocycles. The number of carbonyl (C=O) groups is 5. The topological polar surface area (TPSA) is 193 Å². The first-order valence-electron chi connectivity index (χ1n) is 16.9. The van der Waals surface area contributed by atoms with Crippen LogP contribution in [0.1, 0.15) is 83.1 Å². The fraction of sp³-hybridized carbons (Fsp3) is 0.543. The minimum atomic E-state index is -1.57. The average Bonchev–Trinajstić information content (AvgIpc) is 3.04. The summed E-state index contributed by atoms with van der Waals surface area (Å²) in [5.41, 5.74) is 0.245. The number of rotatable bonds is 19. The first-order valence-corrected chi connectivity index (χ1v) is 16.9. The van der Waals surface area contributed by atoms with Crippen molar-refractivity contribution in [3.8, 4) is 0 Å². The summed E-state index contributed by atoms with van der Waals surface area (Å²) in [4.78, 5) is 65.7. The Bertz CT molecular complexity index is 1440. The van der Waals surface area contributed by atoms with E-state index in [4.69, 9.17) is 0 Å². The number of aliphatic hydroxyl groups is 1. The summed E-state index contributed by atoms with van der Waals surface area (Å²) in [5, 5.41) is 35.9. The van der Waals surface area contributed by atoms with Crippen molar-refractivity contribution in [1.29, 1.82) is 0 Å². The third kappa shape index (κ3) is 13.0. The number of aromatic nitrogens is 1. The van der Waals surface area contributed by atoms with E-state index in [0.717, 1.165) is 24.5 Å². The number of carbonyl (C=O) groups excluding carboxylic acids is 5. The van der Waals surface area contributed by atoms with Gasteiger partial charge in [-0.2, -0.15) is 4.73 Å². The molecule has 13 nitrogen and oxygen atoms in total. The van der Waals surface area contributed by atoms with E-state index in [1.165, 1.54) is 12.1 Å². The van der Waals surface area contributed by atoms with E-state index in [2.05, 4.69) is 26.6 Å². The summed E-state index contributed by atoms with van der Waals surface area (Å²) in [5.74, 6) is -5.48. The standard InChI is InChI=1S/C35H50F2N6O7/c1-7-10-26(39-35(49)31(21(6)8-2)42-32(46)23-11-13-43(50)14-12-23)33(47)40-27(17-22-15-24(36)18-25(37)16-22)28(44)19-29(45)41-30(20(4)5)34(48)38-9-3/h11-16,18,20-21,26-28,30-31,44H,7-10,17,19H2,1-6H3,(H,38,48)(H,39,49)(H,40,47)(H,41,45)(H,42,46)/t21-,26-,27-,28+,30-,31-/m0/s1. The molecule has 0 radical (unpaired) electrons. The number of hydrogen-bond donors (Lipinski definition) is 6. The molecule has 1 heterocycles. The molecule has 1 aromatic heterocycles. The number of amides is 5. The number of nitrogens with one attached hydrogen (secondary N) is 5. The molecule has 0 bridgehead atoms. The maximum absolute atomic E-state index is 14.1. The number of likely N-dealkylation sites (N-methyl/N-ethyl adjacent to an activating group) is 1. The number of benzene rings is 1. The van der Waals surface area contributed by atoms with Gasteiger partial charge in [0.15, 0.2) is 12.4 Å². The molecule has 0 unspecified atom stereocenters. The maximum atomic E-state index is 14.1. The van der Waals surface area contributed by atoms with Crippen LogP contribution in [0, 0.1) is 28.7 Å². The molecule has 15 heteroatoms. The van der Waals surface area contributed by atoms with Crippen molar-refractivity contribution in [2.24, 2.45) is 11.8 Å². The van der Waals surface area contributed by atoms with Crippen LogP contribution >= 0.6 is 0 Å². The Labute approximate surface area is 291 Å². The lowest BCUT2D eigenvalue weighted by Crippen LogP contribution is -2.58. The van der Waals surface area contributed by atoms with Gasteiger partial charge in [-0.25, -0.2) is 8.78 Å². The predicted molar refractivity (Wildman–Crippen MR) is 181 cm³/mol. The minimum Gasteiger partial charge on any atom is -0.619 e. The third-order valence-corrected chi connectivity index (χ3v) is 8.24. The molecule has 276 valence electrons. The Morgan fingerprint density at radius 3 is 2.00 bits per heavy atom. The van der Waals surface area contributed by atoms with Gasteiger partial charge < -0.3 is 36.9 Å². The monoisotopic (exact) mass is 704 g/mol. The summed E-state index contributed by atoms with van der Waals surface area (Å²) in [6.07, 6.45) is 0.968. The van der Waals surface area contributed by atoms with Crippen molar-refractivity contribution in [1.82, 2.24) is 26.6 Å². The predicted octanol–water partition coefficient (Wildman–Crippen LogP) is 1.78. The van der Waals surface area contributed by atoms with Crippen molar-refractivity contribution in [2.75, 3.05) is 6.54 Å². The summed E-state index contributed by atoms with van der Waals surface area (Å²) in [6, 6.07) is 1.00. The van der Waals surface area contributed by atoms with Gasteiger partial charge >= 0.3 is 0 Å². The first kappa shape index (κ1) is 41.5. The van der Waals surface area contributed by atoms with Gasteiger partial charge in [0.1, 0.15) is 29.8 Å². The minimum absolute atomic E-state index is 0.0914. The molecule has 0 saturated carbocycles. The van der Waals surface area contributed by atoms with Gasteiger partial charge in [0.2, 0.25) is 23.6 Å². The van der Waals surface area contributed by atoms with Gasteiger partial charge in [-0.05, 0) is 49.3 Å². The molecule has 0 spiro atoms. The summed E-state index contributed by atoms with van der Waals surface area (Å²) in [7, 11) is 0. The fourth-order valence-corrected chi connectivity index (χ4v) is 5.24. The zero-order valence-electron chi connectivity index (χ0n) is 29.4. The number of pyridine rings is 1. The molecule has 2 rings (SSSR count). The van der Waals surface area contributed by atoms with Gasteiger partial charge in [-0.3, -0.25) is 24.0 Å². The van der Waals surface area contributed by atoms with E-state index in [1.807, 2.05) is 6.92 Å². The summed E-state index contributed by atoms with van der Waals surface area (Å²) >= 11 is 0. The van der Waals surface area contributed by atoms with Crippen LogP contribution in [-0.2, 0) is 25.6 Å². The highest BCUT2D eigenvalue weighted by Gasteiger charge is 2.33. The average molecular weight is 705 g/mol. The number of aliphatic hydroxyl groups excluding tert-OH is 1. The quantitative estimate of drug-likeness (QED) is 0.0948. The van der Waals surface area contributed by atoms with Crippen LogP contribution in [0.15, 0.2) is 42.7 Å². The number of hydrogen-bond acceptors (Lipinski definition) is 7. The first-order chi connectivity index (χ1) is 23.6. The van der Waals surface area contributed by atoms with Crippen molar-refractivity contribution in [3.05, 3.63) is 70.7 Å². The third-order valence-electron chi connectivity index (χ3n) is 8.24. The maximum Gasteiger partial charge on any atom is 0.252 e. The van der Waals surface area contributed by atoms with E-state index in [-0.39, 0.29) is 35.8 Å². The Hall–Kier alpha value is -4.66. The lowest BCUT2D eigenvalue weighted by molar-refractivity contribution is -0.605. The highest BCUT2D eigenvalue weighted by atomic mass is 19.1. The molecular formula is C35H50F2N6O7. The van der Waals surface area contributed by atoms with Crippen LogP contribution in [0.4, 0.5) is 8.78 Å². The Morgan fingerprint density at radius 2 is 1.46 bits per heavy atom. The van der Waals surface area contributed by atoms with E-state index < -0.39 is 77.9 Å². The van der Waals surface area contributed by atoms with Crippen LogP contribution in [-0.4, -0.2) is 71.5 Å². The molecule has 6 N–H and O–H groups in total. The van der Waals surface area contributed by atoms with Gasteiger partial charge in [0.05, 0.1) is 24.1 Å². The molecule has 0 aliphatic carbocycles. The zero-order valence-corrected chi connectivity index (χ0v) is 29.4. The van der Waals surface area contributed by atoms with Crippen molar-refractivity contribution in [2.45, 2.75) is 104 Å². The fourth-order valence-electron chi connectivity index (χ4n) is 5.24. The molecule has 0 fully saturated rings. The molecule has 6 atom stereocenters. The van der Waals surface area contributed by atoms with Crippen molar-refractivity contribution < 1.29 is 42.6 Å². The van der Waals surface area contributed by atoms with Gasteiger partial charge in [-0.1, -0.05) is 47.5 Å². The number of nitrogens with zero attached hydrogens (tertiary/aromatic N) is 1. The summed E-state index contributed by atoms with van der Waals surface area (Å²) < 4.78 is 28.7. The van der Waals surface area contributed by atoms with Crippen LogP contribution < -0.4 is 31.3 Å². The van der Waals surface area contributed by atoms with Crippen LogP contribution in [0.3, 0.4) is 0 Å². The highest BCUT2D eigenvalue weighted by molar-refractivity contribution is 5.98. The zero-order chi connectivity index (χ0) is 37.5. The SMILES string of the molecule is CCC[C@H](NC(=O)[C@@H](NC(=O)c1cc[n+]([O-])cc1)[C@@H](C)CC)C(=O)N[C@@H](Cc1cc(F)cc(F)c1)[C@H](O)CC(=O)N[C@H](C(=O)NCC)C(C)C. The van der Waals surface area contributed by atoms with Crippen molar-refractivity contribution in [3.63, 3.8) is 0 Å². The van der Waals surface area contributed by atoms with Gasteiger partial charge in [0, 0.05) is 24.7 Å². The largest absolute Gasteiger partial charge is 0.619 e. The molecule has 50 heavy (non-hydrogen) atoms. The van der Waals surface area contributed by atoms with Gasteiger partial charge in [0.25, 0.3) is 5.91 Å². The molecule has 0 saturated heterocycles. The summed E-state index contributed by atoms with van der Waals surface area (Å²) in [6.45, 7) is 10.9. The Kier molecular flexibility index (Phi) is 16.7. The lowest BCUT2D eigenvalue weighted by atomic mass is 9.96. The second-order valence-corrected chi connectivity index (χ2v) is 12.7. The van der Waals surface area contributed by atoms with Gasteiger partial charge in [-0.15, -0.1) is 0 Å². The molecule has 2 aromatic rings. The van der Waals surface area contributed by atoms with E-state index >= 15 is 0 Å². The molecule has 1 aromatic carbocycles. The molecule has 5 amide bonds. The second-order valence-electron chi connectivity index (χ2n) is 12.7. The molecular weight excluding hydrogens is 654 g/mol. The molecule has 0 aliphatic rings. The normalized spacial score (nSPS) is 14.8. The van der Waals surface area contributed by atoms with Crippen LogP contribution in [0.5, 0.6) is 0 Å². The van der Waals surface area contributed by atoms with Crippen LogP contribution in [0.25, 0.3) is 0 Å². The highest BCUT2D eigenvalue weighted by Crippen LogP contribution is 2.15. The van der Waals surface area contributed by atoms with E-state index in [0.29, 0.717) is 30.2 Å². The number of halogens is 2.